The molecule has 0 atom stereocenters. The van der Waals surface area contributed by atoms with Crippen LogP contribution in [-0.4, -0.2) is 41.1 Å². The maximum atomic E-state index is 5.41. The summed E-state index contributed by atoms with van der Waals surface area (Å²) in [7, 11) is 6.61. The second-order valence-corrected chi connectivity index (χ2v) is 5.59. The SMILES string of the molecule is CCCc1nn(C)c2[c]nc(-c3cc(OC)c(OC)c(OC)c3)nc12. The lowest BCUT2D eigenvalue weighted by atomic mass is 10.1. The number of fused-ring (bicyclic) bond motifs is 1. The highest BCUT2D eigenvalue weighted by molar-refractivity contribution is 5.79. The van der Waals surface area contributed by atoms with Crippen LogP contribution in [0.3, 0.4) is 0 Å². The number of nitrogens with zero attached hydrogens (tertiary/aromatic N) is 4. The summed E-state index contributed by atoms with van der Waals surface area (Å²) in [4.78, 5) is 9.08. The van der Waals surface area contributed by atoms with Crippen molar-refractivity contribution in [1.82, 2.24) is 19.7 Å². The molecule has 0 amide bonds. The highest BCUT2D eigenvalue weighted by Gasteiger charge is 2.17. The molecule has 0 fully saturated rings. The minimum atomic E-state index is 0.534. The van der Waals surface area contributed by atoms with Crippen molar-refractivity contribution in [3.8, 4) is 28.6 Å². The van der Waals surface area contributed by atoms with E-state index in [1.54, 1.807) is 26.0 Å². The summed E-state index contributed by atoms with van der Waals surface area (Å²) in [6.07, 6.45) is 4.90. The first-order valence-electron chi connectivity index (χ1n) is 8.04. The molecule has 0 unspecified atom stereocenters. The Bertz CT molecular complexity index is 880. The Morgan fingerprint density at radius 2 is 1.76 bits per heavy atom. The fraction of sp³-hybridized carbons (Fsp3) is 0.389. The Balaban J connectivity index is 2.17. The van der Waals surface area contributed by atoms with Gasteiger partial charge >= 0.3 is 0 Å². The Morgan fingerprint density at radius 1 is 1.08 bits per heavy atom. The molecule has 0 spiro atoms. The van der Waals surface area contributed by atoms with Crippen molar-refractivity contribution < 1.29 is 14.2 Å². The minimum Gasteiger partial charge on any atom is -0.493 e. The number of hydrogen-bond acceptors (Lipinski definition) is 6. The van der Waals surface area contributed by atoms with Crippen molar-refractivity contribution in [2.24, 2.45) is 7.05 Å². The lowest BCUT2D eigenvalue weighted by molar-refractivity contribution is 0.324. The number of aryl methyl sites for hydroxylation is 2. The van der Waals surface area contributed by atoms with Gasteiger partial charge in [0.25, 0.3) is 0 Å². The monoisotopic (exact) mass is 341 g/mol. The molecule has 3 aromatic rings. The number of benzene rings is 1. The molecule has 2 heterocycles. The van der Waals surface area contributed by atoms with E-state index in [9.17, 15) is 0 Å². The van der Waals surface area contributed by atoms with Crippen LogP contribution >= 0.6 is 0 Å². The fourth-order valence-electron chi connectivity index (χ4n) is 2.79. The number of rotatable bonds is 6. The summed E-state index contributed by atoms with van der Waals surface area (Å²) in [5, 5.41) is 4.52. The zero-order valence-electron chi connectivity index (χ0n) is 15.1. The molecule has 0 saturated heterocycles. The smallest absolute Gasteiger partial charge is 0.203 e. The molecule has 25 heavy (non-hydrogen) atoms. The van der Waals surface area contributed by atoms with Gasteiger partial charge in [-0.2, -0.15) is 5.10 Å². The predicted octanol–water partition coefficient (Wildman–Crippen LogP) is 2.81. The second-order valence-electron chi connectivity index (χ2n) is 5.59. The molecule has 0 saturated carbocycles. The molecule has 1 aromatic carbocycles. The molecular weight excluding hydrogens is 320 g/mol. The summed E-state index contributed by atoms with van der Waals surface area (Å²) >= 11 is 0. The first-order chi connectivity index (χ1) is 12.1. The van der Waals surface area contributed by atoms with Crippen LogP contribution < -0.4 is 14.2 Å². The van der Waals surface area contributed by atoms with E-state index in [0.29, 0.717) is 23.1 Å². The van der Waals surface area contributed by atoms with Crippen molar-refractivity contribution in [2.45, 2.75) is 19.8 Å². The Morgan fingerprint density at radius 3 is 2.32 bits per heavy atom. The van der Waals surface area contributed by atoms with Crippen LogP contribution in [0.2, 0.25) is 0 Å². The van der Waals surface area contributed by atoms with Gasteiger partial charge in [-0.3, -0.25) is 4.68 Å². The van der Waals surface area contributed by atoms with Crippen molar-refractivity contribution in [3.05, 3.63) is 24.0 Å². The van der Waals surface area contributed by atoms with Crippen molar-refractivity contribution in [3.63, 3.8) is 0 Å². The van der Waals surface area contributed by atoms with Gasteiger partial charge in [-0.1, -0.05) is 13.3 Å². The first-order valence-corrected chi connectivity index (χ1v) is 8.04. The van der Waals surface area contributed by atoms with Gasteiger partial charge in [0, 0.05) is 12.6 Å². The number of methoxy groups -OCH3 is 3. The molecule has 1 radical (unpaired) electrons. The molecule has 2 aromatic heterocycles. The summed E-state index contributed by atoms with van der Waals surface area (Å²) in [6, 6.07) is 3.65. The van der Waals surface area contributed by atoms with Crippen molar-refractivity contribution >= 4 is 11.0 Å². The molecule has 0 N–H and O–H groups in total. The maximum Gasteiger partial charge on any atom is 0.203 e. The van der Waals surface area contributed by atoms with Gasteiger partial charge < -0.3 is 14.2 Å². The predicted molar refractivity (Wildman–Crippen MR) is 94.2 cm³/mol. The van der Waals surface area contributed by atoms with Crippen molar-refractivity contribution in [2.75, 3.05) is 21.3 Å². The maximum absolute atomic E-state index is 5.41. The van der Waals surface area contributed by atoms with Crippen LogP contribution in [0.25, 0.3) is 22.4 Å². The van der Waals surface area contributed by atoms with Gasteiger partial charge in [0.1, 0.15) is 17.2 Å². The topological polar surface area (TPSA) is 71.3 Å². The number of aromatic nitrogens is 4. The summed E-state index contributed by atoms with van der Waals surface area (Å²) in [5.41, 5.74) is 3.33. The Kier molecular flexibility index (Phi) is 4.74. The summed E-state index contributed by atoms with van der Waals surface area (Å²) < 4.78 is 17.9. The van der Waals surface area contributed by atoms with Crippen LogP contribution in [-0.2, 0) is 13.5 Å². The third kappa shape index (κ3) is 2.97. The van der Waals surface area contributed by atoms with Gasteiger partial charge in [0.2, 0.25) is 5.75 Å². The van der Waals surface area contributed by atoms with E-state index in [2.05, 4.69) is 23.2 Å². The van der Waals surface area contributed by atoms with Crippen molar-refractivity contribution in [1.29, 1.82) is 0 Å². The van der Waals surface area contributed by atoms with E-state index in [0.717, 1.165) is 35.1 Å². The van der Waals surface area contributed by atoms with Gasteiger partial charge in [-0.05, 0) is 18.6 Å². The molecule has 7 nitrogen and oxygen atoms in total. The Hall–Kier alpha value is -2.83. The molecule has 3 rings (SSSR count). The second kappa shape index (κ2) is 6.96. The number of ether oxygens (including phenoxy) is 3. The van der Waals surface area contributed by atoms with Gasteiger partial charge in [-0.15, -0.1) is 0 Å². The average molecular weight is 341 g/mol. The zero-order valence-corrected chi connectivity index (χ0v) is 15.1. The molecule has 131 valence electrons. The highest BCUT2D eigenvalue weighted by Crippen LogP contribution is 2.40. The van der Waals surface area contributed by atoms with E-state index in [-0.39, 0.29) is 0 Å². The molecule has 7 heteroatoms. The largest absolute Gasteiger partial charge is 0.493 e. The van der Waals surface area contributed by atoms with Gasteiger partial charge in [0.05, 0.1) is 27.0 Å². The molecule has 0 bridgehead atoms. The first kappa shape index (κ1) is 17.0. The molecule has 0 aliphatic rings. The lowest BCUT2D eigenvalue weighted by Crippen LogP contribution is -1.98. The minimum absolute atomic E-state index is 0.534. The van der Waals surface area contributed by atoms with Gasteiger partial charge in [0.15, 0.2) is 17.3 Å². The normalized spacial score (nSPS) is 10.9. The van der Waals surface area contributed by atoms with Crippen LogP contribution in [0.15, 0.2) is 12.1 Å². The summed E-state index contributed by atoms with van der Waals surface area (Å²) in [6.45, 7) is 2.12. The van der Waals surface area contributed by atoms with Gasteiger partial charge in [-0.25, -0.2) is 9.97 Å². The van der Waals surface area contributed by atoms with E-state index in [1.165, 1.54) is 0 Å². The molecule has 0 aliphatic heterocycles. The van der Waals surface area contributed by atoms with Crippen LogP contribution in [0.1, 0.15) is 19.0 Å². The van der Waals surface area contributed by atoms with E-state index < -0.39 is 0 Å². The lowest BCUT2D eigenvalue weighted by Gasteiger charge is -2.13. The van der Waals surface area contributed by atoms with Crippen LogP contribution in [0.4, 0.5) is 0 Å². The average Bonchev–Trinajstić information content (AvgIpc) is 2.96. The van der Waals surface area contributed by atoms with Crippen LogP contribution in [0.5, 0.6) is 17.2 Å². The number of hydrogen-bond donors (Lipinski definition) is 0. The Labute approximate surface area is 146 Å². The summed E-state index contributed by atoms with van der Waals surface area (Å²) in [5.74, 6) is 2.19. The third-order valence-electron chi connectivity index (χ3n) is 3.99. The molecule has 0 aliphatic carbocycles. The quantitative estimate of drug-likeness (QED) is 0.686. The zero-order chi connectivity index (χ0) is 18.0. The standard InChI is InChI=1S/C18H21N4O3/c1-6-7-12-16-13(22(2)21-12)10-19-18(20-16)11-8-14(23-3)17(25-5)15(9-11)24-4/h8-9H,6-7H2,1-5H3. The third-order valence-corrected chi connectivity index (χ3v) is 3.99. The van der Waals surface area contributed by atoms with E-state index >= 15 is 0 Å². The van der Waals surface area contributed by atoms with E-state index in [1.807, 2.05) is 19.2 Å². The highest BCUT2D eigenvalue weighted by atomic mass is 16.5. The van der Waals surface area contributed by atoms with E-state index in [4.69, 9.17) is 19.2 Å². The molecular formula is C18H21N4O3. The van der Waals surface area contributed by atoms with Crippen LogP contribution in [0, 0.1) is 6.20 Å². The fourth-order valence-corrected chi connectivity index (χ4v) is 2.79.